The maximum atomic E-state index is 9.59. The third-order valence-electron chi connectivity index (χ3n) is 1.93. The second-order valence-electron chi connectivity index (χ2n) is 3.34. The Kier molecular flexibility index (Phi) is 20.1. The Hall–Kier alpha value is 0.494. The first-order chi connectivity index (χ1) is 6.47. The molecule has 0 aliphatic rings. The first-order valence-corrected chi connectivity index (χ1v) is 5.19. The molecule has 1 unspecified atom stereocenters. The van der Waals surface area contributed by atoms with Crippen molar-refractivity contribution in [1.82, 2.24) is 5.06 Å². The average molecular weight is 293 g/mol. The first-order valence-electron chi connectivity index (χ1n) is 5.19. The van der Waals surface area contributed by atoms with Crippen LogP contribution in [0, 0.1) is 5.92 Å². The van der Waals surface area contributed by atoms with Crippen molar-refractivity contribution in [2.75, 3.05) is 13.1 Å². The van der Waals surface area contributed by atoms with Crippen LogP contribution in [0.1, 0.15) is 40.5 Å². The van der Waals surface area contributed by atoms with Gasteiger partial charge in [-0.15, -0.1) is 0 Å². The molecule has 0 heterocycles. The van der Waals surface area contributed by atoms with Crippen LogP contribution in [0.5, 0.6) is 0 Å². The summed E-state index contributed by atoms with van der Waals surface area (Å²) in [6, 6.07) is 0. The van der Waals surface area contributed by atoms with Crippen molar-refractivity contribution in [3.8, 4) is 0 Å². The van der Waals surface area contributed by atoms with E-state index in [1.165, 1.54) is 5.06 Å². The number of carbonyl (C=O) groups is 1. The maximum Gasteiger partial charge on any atom is 0.217 e. The zero-order chi connectivity index (χ0) is 11.6. The van der Waals surface area contributed by atoms with Crippen molar-refractivity contribution in [2.24, 2.45) is 11.7 Å². The van der Waals surface area contributed by atoms with Crippen LogP contribution in [-0.2, 0) is 37.5 Å². The molecular formula is C10H24N2O2Y. The molecule has 3 N–H and O–H groups in total. The van der Waals surface area contributed by atoms with E-state index in [0.717, 1.165) is 19.5 Å². The van der Waals surface area contributed by atoms with Gasteiger partial charge in [0.1, 0.15) is 0 Å². The van der Waals surface area contributed by atoms with Crippen molar-refractivity contribution >= 4 is 5.91 Å². The number of carbonyl (C=O) groups excluding carboxylic acids is 1. The van der Waals surface area contributed by atoms with Crippen LogP contribution in [0.15, 0.2) is 0 Å². The fraction of sp³-hybridized carbons (Fsp3) is 0.900. The van der Waals surface area contributed by atoms with Crippen LogP contribution in [-0.4, -0.2) is 29.3 Å². The molecule has 0 spiro atoms. The fourth-order valence-corrected chi connectivity index (χ4v) is 0.618. The summed E-state index contributed by atoms with van der Waals surface area (Å²) in [5, 5.41) is 10.3. The van der Waals surface area contributed by atoms with E-state index in [-0.39, 0.29) is 38.6 Å². The van der Waals surface area contributed by atoms with Crippen LogP contribution >= 0.6 is 0 Å². The summed E-state index contributed by atoms with van der Waals surface area (Å²) >= 11 is 0. The van der Waals surface area contributed by atoms with Gasteiger partial charge in [0.2, 0.25) is 5.91 Å². The largest absolute Gasteiger partial charge is 0.370 e. The van der Waals surface area contributed by atoms with Gasteiger partial charge in [-0.05, 0) is 5.92 Å². The topological polar surface area (TPSA) is 66.6 Å². The number of amides is 1. The van der Waals surface area contributed by atoms with Crippen LogP contribution < -0.4 is 5.73 Å². The van der Waals surface area contributed by atoms with Crippen LogP contribution in [0.2, 0.25) is 0 Å². The van der Waals surface area contributed by atoms with Crippen molar-refractivity contribution in [3.05, 3.63) is 0 Å². The van der Waals surface area contributed by atoms with E-state index in [2.05, 4.69) is 19.6 Å². The number of primary amides is 1. The maximum absolute atomic E-state index is 9.59. The van der Waals surface area contributed by atoms with Gasteiger partial charge < -0.3 is 10.9 Å². The van der Waals surface area contributed by atoms with E-state index >= 15 is 0 Å². The summed E-state index contributed by atoms with van der Waals surface area (Å²) < 4.78 is 0. The third kappa shape index (κ3) is 20.5. The van der Waals surface area contributed by atoms with E-state index in [9.17, 15) is 4.79 Å². The summed E-state index contributed by atoms with van der Waals surface area (Å²) in [7, 11) is 0. The van der Waals surface area contributed by atoms with Gasteiger partial charge in [-0.2, -0.15) is 5.06 Å². The molecule has 1 atom stereocenters. The predicted molar refractivity (Wildman–Crippen MR) is 58.0 cm³/mol. The van der Waals surface area contributed by atoms with Crippen LogP contribution in [0.3, 0.4) is 0 Å². The molecule has 0 fully saturated rings. The predicted octanol–water partition coefficient (Wildman–Crippen LogP) is 1.62. The molecule has 0 aliphatic heterocycles. The smallest absolute Gasteiger partial charge is 0.217 e. The van der Waals surface area contributed by atoms with Gasteiger partial charge in [0, 0.05) is 52.2 Å². The summed E-state index contributed by atoms with van der Waals surface area (Å²) in [4.78, 5) is 9.59. The third-order valence-corrected chi connectivity index (χ3v) is 1.93. The SMILES string of the molecule is CCC(C)CN(O)CC.CCC(N)=O.[Y]. The molecule has 0 aromatic rings. The van der Waals surface area contributed by atoms with E-state index in [1.54, 1.807) is 6.92 Å². The van der Waals surface area contributed by atoms with Crippen LogP contribution in [0.25, 0.3) is 0 Å². The normalized spacial score (nSPS) is 11.1. The molecule has 0 saturated heterocycles. The number of hydrogen-bond donors (Lipinski definition) is 2. The summed E-state index contributed by atoms with van der Waals surface area (Å²) in [6.07, 6.45) is 1.58. The van der Waals surface area contributed by atoms with Crippen molar-refractivity contribution in [3.63, 3.8) is 0 Å². The molecule has 0 aromatic carbocycles. The minimum Gasteiger partial charge on any atom is -0.370 e. The standard InChI is InChI=1S/C7H17NO.C3H7NO.Y/c1-4-7(3)6-8(9)5-2;1-2-3(4)5;/h7,9H,4-6H2,1-3H3;2H2,1H3,(H2,4,5);. The molecule has 0 aliphatic carbocycles. The minimum atomic E-state index is -0.245. The fourth-order valence-electron chi connectivity index (χ4n) is 0.618. The van der Waals surface area contributed by atoms with Crippen LogP contribution in [0.4, 0.5) is 0 Å². The van der Waals surface area contributed by atoms with E-state index in [0.29, 0.717) is 12.3 Å². The quantitative estimate of drug-likeness (QED) is 0.757. The Balaban J connectivity index is -0.000000208. The van der Waals surface area contributed by atoms with Crippen molar-refractivity contribution in [1.29, 1.82) is 0 Å². The van der Waals surface area contributed by atoms with Gasteiger partial charge in [0.25, 0.3) is 0 Å². The van der Waals surface area contributed by atoms with Gasteiger partial charge in [-0.25, -0.2) is 0 Å². The summed E-state index contributed by atoms with van der Waals surface area (Å²) in [6.45, 7) is 9.47. The second kappa shape index (κ2) is 14.5. The molecule has 1 amide bonds. The summed E-state index contributed by atoms with van der Waals surface area (Å²) in [5.74, 6) is 0.361. The molecular weight excluding hydrogens is 269 g/mol. The Morgan fingerprint density at radius 2 is 1.80 bits per heavy atom. The Bertz CT molecular complexity index is 137. The van der Waals surface area contributed by atoms with Gasteiger partial charge in [0.05, 0.1) is 0 Å². The molecule has 1 radical (unpaired) electrons. The number of nitrogens with two attached hydrogens (primary N) is 1. The molecule has 5 heteroatoms. The monoisotopic (exact) mass is 293 g/mol. The number of nitrogens with zero attached hydrogens (tertiary/aromatic N) is 1. The molecule has 0 bridgehead atoms. The van der Waals surface area contributed by atoms with E-state index < -0.39 is 0 Å². The number of hydroxylamine groups is 2. The molecule has 0 aromatic heterocycles. The van der Waals surface area contributed by atoms with Crippen molar-refractivity contribution < 1.29 is 42.7 Å². The average Bonchev–Trinajstić information content (AvgIpc) is 2.18. The molecule has 0 saturated carbocycles. The first kappa shape index (κ1) is 20.9. The second-order valence-corrected chi connectivity index (χ2v) is 3.34. The number of hydrogen-bond acceptors (Lipinski definition) is 3. The van der Waals surface area contributed by atoms with Crippen molar-refractivity contribution in [2.45, 2.75) is 40.5 Å². The Morgan fingerprint density at radius 3 is 2.00 bits per heavy atom. The van der Waals surface area contributed by atoms with Gasteiger partial charge >= 0.3 is 0 Å². The molecule has 4 nitrogen and oxygen atoms in total. The Labute approximate surface area is 118 Å². The van der Waals surface area contributed by atoms with E-state index in [4.69, 9.17) is 5.21 Å². The molecule has 0 rings (SSSR count). The van der Waals surface area contributed by atoms with Gasteiger partial charge in [-0.1, -0.05) is 34.1 Å². The zero-order valence-corrected chi connectivity index (χ0v) is 13.2. The summed E-state index contributed by atoms with van der Waals surface area (Å²) in [5.41, 5.74) is 4.65. The van der Waals surface area contributed by atoms with Gasteiger partial charge in [-0.3, -0.25) is 4.79 Å². The van der Waals surface area contributed by atoms with E-state index in [1.807, 2.05) is 6.92 Å². The molecule has 15 heavy (non-hydrogen) atoms. The number of rotatable bonds is 5. The minimum absolute atomic E-state index is 0. The Morgan fingerprint density at radius 1 is 1.40 bits per heavy atom. The van der Waals surface area contributed by atoms with Gasteiger partial charge in [0.15, 0.2) is 0 Å². The zero-order valence-electron chi connectivity index (χ0n) is 10.4. The molecule has 89 valence electrons.